The Balaban J connectivity index is 1.57. The maximum atomic E-state index is 10.7. The highest BCUT2D eigenvalue weighted by Crippen LogP contribution is 2.39. The first kappa shape index (κ1) is 17.0. The van der Waals surface area contributed by atoms with Crippen molar-refractivity contribution in [1.82, 2.24) is 15.0 Å². The minimum Gasteiger partial charge on any atom is -0.496 e. The van der Waals surface area contributed by atoms with Crippen molar-refractivity contribution in [3.05, 3.63) is 46.7 Å². The first-order valence-corrected chi connectivity index (χ1v) is 9.08. The third-order valence-corrected chi connectivity index (χ3v) is 5.29. The molecule has 0 spiro atoms. The highest BCUT2D eigenvalue weighted by Gasteiger charge is 2.30. The average molecular weight is 373 g/mol. The van der Waals surface area contributed by atoms with E-state index in [4.69, 9.17) is 14.0 Å². The number of hydrogen-bond donors (Lipinski definition) is 1. The Hall–Kier alpha value is -2.42. The molecular formula is C18H19N3O4S. The number of aromatic nitrogens is 2. The fraction of sp³-hybridized carbons (Fsp3) is 0.333. The average Bonchev–Trinajstić information content (AvgIpc) is 3.32. The van der Waals surface area contributed by atoms with Crippen molar-refractivity contribution in [2.45, 2.75) is 19.2 Å². The van der Waals surface area contributed by atoms with Gasteiger partial charge >= 0.3 is 0 Å². The Morgan fingerprint density at radius 1 is 1.27 bits per heavy atom. The van der Waals surface area contributed by atoms with Crippen LogP contribution in [0.15, 0.2) is 34.2 Å². The topological polar surface area (TPSA) is 80.9 Å². The van der Waals surface area contributed by atoms with Gasteiger partial charge in [0.05, 0.1) is 31.7 Å². The van der Waals surface area contributed by atoms with Crippen molar-refractivity contribution in [2.75, 3.05) is 20.8 Å². The molecule has 0 fully saturated rings. The molecule has 0 radical (unpaired) electrons. The standard InChI is InChI=1S/C18H19N3O4S/c1-23-13-5-6-14(24-2)17-11(13)8-21(9-12(17)22)10-16-19-18(20-25-16)15-4-3-7-26-15/h3-7,12,22H,8-10H2,1-2H3/t12-/m0/s1. The fourth-order valence-electron chi connectivity index (χ4n) is 3.28. The van der Waals surface area contributed by atoms with Crippen LogP contribution in [-0.2, 0) is 13.1 Å². The van der Waals surface area contributed by atoms with E-state index in [-0.39, 0.29) is 0 Å². The van der Waals surface area contributed by atoms with E-state index >= 15 is 0 Å². The molecule has 136 valence electrons. The number of rotatable bonds is 5. The maximum Gasteiger partial charge on any atom is 0.241 e. The molecule has 1 aliphatic rings. The van der Waals surface area contributed by atoms with Crippen LogP contribution in [0.25, 0.3) is 10.7 Å². The van der Waals surface area contributed by atoms with Crippen LogP contribution in [-0.4, -0.2) is 40.9 Å². The van der Waals surface area contributed by atoms with Crippen LogP contribution in [0.3, 0.4) is 0 Å². The number of ether oxygens (including phenoxy) is 2. The van der Waals surface area contributed by atoms with Gasteiger partial charge in [-0.2, -0.15) is 4.98 Å². The van der Waals surface area contributed by atoms with E-state index in [9.17, 15) is 5.11 Å². The Kier molecular flexibility index (Phi) is 4.62. The van der Waals surface area contributed by atoms with E-state index in [0.29, 0.717) is 37.1 Å². The smallest absolute Gasteiger partial charge is 0.241 e. The largest absolute Gasteiger partial charge is 0.496 e. The van der Waals surface area contributed by atoms with Crippen molar-refractivity contribution in [3.63, 3.8) is 0 Å². The Bertz CT molecular complexity index is 894. The van der Waals surface area contributed by atoms with Gasteiger partial charge in [-0.05, 0) is 23.6 Å². The maximum absolute atomic E-state index is 10.7. The van der Waals surface area contributed by atoms with E-state index in [1.54, 1.807) is 25.6 Å². The molecule has 0 saturated heterocycles. The third kappa shape index (κ3) is 3.07. The Morgan fingerprint density at radius 3 is 2.81 bits per heavy atom. The number of aliphatic hydroxyl groups excluding tert-OH is 1. The van der Waals surface area contributed by atoms with Crippen LogP contribution in [0.5, 0.6) is 11.5 Å². The van der Waals surface area contributed by atoms with Crippen molar-refractivity contribution >= 4 is 11.3 Å². The van der Waals surface area contributed by atoms with Gasteiger partial charge in [0.2, 0.25) is 11.7 Å². The van der Waals surface area contributed by atoms with Gasteiger partial charge in [0, 0.05) is 24.2 Å². The molecule has 1 atom stereocenters. The summed E-state index contributed by atoms with van der Waals surface area (Å²) in [6.07, 6.45) is -0.677. The molecule has 0 unspecified atom stereocenters. The van der Waals surface area contributed by atoms with Crippen LogP contribution in [0.2, 0.25) is 0 Å². The number of methoxy groups -OCH3 is 2. The predicted octanol–water partition coefficient (Wildman–Crippen LogP) is 2.86. The number of hydrogen-bond acceptors (Lipinski definition) is 8. The zero-order valence-electron chi connectivity index (χ0n) is 14.5. The lowest BCUT2D eigenvalue weighted by Crippen LogP contribution is -2.33. The summed E-state index contributed by atoms with van der Waals surface area (Å²) in [5, 5.41) is 16.7. The minimum absolute atomic E-state index is 0.452. The number of fused-ring (bicyclic) bond motifs is 1. The van der Waals surface area contributed by atoms with Crippen molar-refractivity contribution in [1.29, 1.82) is 0 Å². The van der Waals surface area contributed by atoms with E-state index in [0.717, 1.165) is 21.8 Å². The van der Waals surface area contributed by atoms with E-state index in [1.807, 2.05) is 29.6 Å². The van der Waals surface area contributed by atoms with Gasteiger partial charge in [-0.15, -0.1) is 11.3 Å². The summed E-state index contributed by atoms with van der Waals surface area (Å²) in [7, 11) is 3.23. The lowest BCUT2D eigenvalue weighted by molar-refractivity contribution is 0.0779. The van der Waals surface area contributed by atoms with Crippen molar-refractivity contribution in [3.8, 4) is 22.2 Å². The van der Waals surface area contributed by atoms with Crippen LogP contribution in [0.4, 0.5) is 0 Å². The predicted molar refractivity (Wildman–Crippen MR) is 96.2 cm³/mol. The monoisotopic (exact) mass is 373 g/mol. The Labute approximate surface area is 154 Å². The highest BCUT2D eigenvalue weighted by atomic mass is 32.1. The fourth-order valence-corrected chi connectivity index (χ4v) is 3.93. The second-order valence-corrected chi connectivity index (χ2v) is 6.98. The van der Waals surface area contributed by atoms with Gasteiger partial charge in [0.25, 0.3) is 0 Å². The van der Waals surface area contributed by atoms with Crippen molar-refractivity contribution < 1.29 is 19.1 Å². The molecule has 3 aromatic rings. The van der Waals surface area contributed by atoms with E-state index in [1.165, 1.54) is 0 Å². The zero-order chi connectivity index (χ0) is 18.1. The van der Waals surface area contributed by atoms with Gasteiger partial charge in [-0.1, -0.05) is 11.2 Å². The molecule has 1 aromatic carbocycles. The number of aliphatic hydroxyl groups is 1. The lowest BCUT2D eigenvalue weighted by atomic mass is 9.95. The molecular weight excluding hydrogens is 354 g/mol. The summed E-state index contributed by atoms with van der Waals surface area (Å²) in [5.41, 5.74) is 1.71. The second-order valence-electron chi connectivity index (χ2n) is 6.04. The second kappa shape index (κ2) is 7.06. The summed E-state index contributed by atoms with van der Waals surface area (Å²) in [5.74, 6) is 2.51. The van der Waals surface area contributed by atoms with Gasteiger partial charge in [0.15, 0.2) is 0 Å². The number of benzene rings is 1. The molecule has 2 aromatic heterocycles. The first-order valence-electron chi connectivity index (χ1n) is 8.20. The highest BCUT2D eigenvalue weighted by molar-refractivity contribution is 7.13. The first-order chi connectivity index (χ1) is 12.7. The number of thiophene rings is 1. The molecule has 0 aliphatic carbocycles. The molecule has 1 N–H and O–H groups in total. The molecule has 3 heterocycles. The normalized spacial score (nSPS) is 17.1. The molecule has 0 saturated carbocycles. The van der Waals surface area contributed by atoms with Crippen molar-refractivity contribution in [2.24, 2.45) is 0 Å². The summed E-state index contributed by atoms with van der Waals surface area (Å²) in [6, 6.07) is 7.59. The van der Waals surface area contributed by atoms with Crippen LogP contribution >= 0.6 is 11.3 Å². The molecule has 7 nitrogen and oxygen atoms in total. The SMILES string of the molecule is COc1ccc(OC)c2c1CN(Cc1nc(-c3cccs3)no1)C[C@@H]2O. The van der Waals surface area contributed by atoms with E-state index in [2.05, 4.69) is 15.0 Å². The summed E-state index contributed by atoms with van der Waals surface area (Å²) in [6.45, 7) is 1.51. The molecule has 0 bridgehead atoms. The quantitative estimate of drug-likeness (QED) is 0.736. The van der Waals surface area contributed by atoms with Gasteiger partial charge < -0.3 is 19.1 Å². The third-order valence-electron chi connectivity index (χ3n) is 4.43. The summed E-state index contributed by atoms with van der Waals surface area (Å²) < 4.78 is 16.3. The molecule has 4 rings (SSSR count). The minimum atomic E-state index is -0.677. The summed E-state index contributed by atoms with van der Waals surface area (Å²) >= 11 is 1.57. The van der Waals surface area contributed by atoms with Gasteiger partial charge in [0.1, 0.15) is 11.5 Å². The van der Waals surface area contributed by atoms with Crippen LogP contribution in [0, 0.1) is 0 Å². The molecule has 1 aliphatic heterocycles. The van der Waals surface area contributed by atoms with Gasteiger partial charge in [-0.25, -0.2) is 0 Å². The molecule has 0 amide bonds. The Morgan fingerprint density at radius 2 is 2.08 bits per heavy atom. The van der Waals surface area contributed by atoms with E-state index < -0.39 is 6.10 Å². The number of nitrogens with zero attached hydrogens (tertiary/aromatic N) is 3. The zero-order valence-corrected chi connectivity index (χ0v) is 15.3. The lowest BCUT2D eigenvalue weighted by Gasteiger charge is -2.33. The van der Waals surface area contributed by atoms with Crippen LogP contribution < -0.4 is 9.47 Å². The van der Waals surface area contributed by atoms with Gasteiger partial charge in [-0.3, -0.25) is 4.90 Å². The molecule has 8 heteroatoms. The summed E-state index contributed by atoms with van der Waals surface area (Å²) in [4.78, 5) is 7.48. The molecule has 26 heavy (non-hydrogen) atoms. The van der Waals surface area contributed by atoms with Crippen LogP contribution in [0.1, 0.15) is 23.1 Å². The number of β-amino-alcohol motifs (C(OH)–C–C–N with tert-alkyl or cyclic N) is 1.